The van der Waals surface area contributed by atoms with E-state index in [0.29, 0.717) is 0 Å². The predicted octanol–water partition coefficient (Wildman–Crippen LogP) is 2.62. The fourth-order valence-corrected chi connectivity index (χ4v) is 2.16. The third kappa shape index (κ3) is 4.79. The Morgan fingerprint density at radius 2 is 1.91 bits per heavy atom. The molecule has 4 nitrogen and oxygen atoms in total. The van der Waals surface area contributed by atoms with Gasteiger partial charge in [0.2, 0.25) is 0 Å². The minimum absolute atomic E-state index is 0.0236. The summed E-state index contributed by atoms with van der Waals surface area (Å²) in [5.74, 6) is -0.920. The van der Waals surface area contributed by atoms with Crippen LogP contribution in [0, 0.1) is 5.82 Å². The molecule has 2 rings (SSSR count). The molecule has 1 unspecified atom stereocenters. The van der Waals surface area contributed by atoms with Crippen LogP contribution in [0.1, 0.15) is 24.1 Å². The second-order valence-electron chi connectivity index (χ2n) is 5.12. The Hall–Kier alpha value is -2.40. The topological polar surface area (TPSA) is 58.6 Å². The number of aliphatic hydroxyl groups is 1. The van der Waals surface area contributed by atoms with E-state index in [1.165, 1.54) is 17.7 Å². The molecule has 23 heavy (non-hydrogen) atoms. The van der Waals surface area contributed by atoms with Gasteiger partial charge in [0.25, 0.3) is 5.91 Å². The number of hydrogen-bond donors (Lipinski definition) is 2. The van der Waals surface area contributed by atoms with Crippen molar-refractivity contribution in [2.45, 2.75) is 19.4 Å². The van der Waals surface area contributed by atoms with E-state index >= 15 is 0 Å². The van der Waals surface area contributed by atoms with Gasteiger partial charge in [0, 0.05) is 0 Å². The quantitative estimate of drug-likeness (QED) is 0.825. The maximum atomic E-state index is 13.4. The minimum atomic E-state index is -0.519. The van der Waals surface area contributed by atoms with E-state index in [1.54, 1.807) is 12.1 Å². The largest absolute Gasteiger partial charge is 0.481 e. The highest BCUT2D eigenvalue weighted by Crippen LogP contribution is 2.16. The first-order valence-electron chi connectivity index (χ1n) is 7.50. The molecule has 0 aliphatic heterocycles. The summed E-state index contributed by atoms with van der Waals surface area (Å²) in [4.78, 5) is 11.9. The molecule has 0 aliphatic carbocycles. The summed E-state index contributed by atoms with van der Waals surface area (Å²) < 4.78 is 18.6. The number of rotatable bonds is 7. The maximum Gasteiger partial charge on any atom is 0.258 e. The Kier molecular flexibility index (Phi) is 6.11. The monoisotopic (exact) mass is 317 g/mol. The lowest BCUT2D eigenvalue weighted by molar-refractivity contribution is -0.124. The van der Waals surface area contributed by atoms with Gasteiger partial charge in [-0.3, -0.25) is 4.79 Å². The van der Waals surface area contributed by atoms with E-state index in [1.807, 2.05) is 24.3 Å². The maximum absolute atomic E-state index is 13.4. The number of benzene rings is 2. The molecule has 0 aromatic heterocycles. The summed E-state index contributed by atoms with van der Waals surface area (Å²) in [5.41, 5.74) is 1.99. The first-order chi connectivity index (χ1) is 11.1. The molecule has 2 aromatic carbocycles. The summed E-state index contributed by atoms with van der Waals surface area (Å²) >= 11 is 0. The van der Waals surface area contributed by atoms with Crippen LogP contribution >= 0.6 is 0 Å². The van der Waals surface area contributed by atoms with Crippen LogP contribution in [0.15, 0.2) is 48.5 Å². The second-order valence-corrected chi connectivity index (χ2v) is 5.12. The average molecular weight is 317 g/mol. The molecule has 0 radical (unpaired) electrons. The third-order valence-corrected chi connectivity index (χ3v) is 3.50. The van der Waals surface area contributed by atoms with Crippen LogP contribution < -0.4 is 10.1 Å². The molecule has 0 spiro atoms. The summed E-state index contributed by atoms with van der Waals surface area (Å²) in [6, 6.07) is 13.0. The molecule has 2 aromatic rings. The molecular formula is C18H20FNO3. The lowest BCUT2D eigenvalue weighted by Gasteiger charge is -2.17. The molecule has 122 valence electrons. The first-order valence-corrected chi connectivity index (χ1v) is 7.50. The van der Waals surface area contributed by atoms with Crippen molar-refractivity contribution in [1.29, 1.82) is 0 Å². The standard InChI is InChI=1S/C18H20FNO3/c1-2-13-7-9-14(10-8-13)16(11-21)20-18(22)12-23-17-6-4-3-5-15(17)19/h3-10,16,21H,2,11-12H2,1H3,(H,20,22). The molecule has 0 bridgehead atoms. The van der Waals surface area contributed by atoms with E-state index in [9.17, 15) is 14.3 Å². The summed E-state index contributed by atoms with van der Waals surface area (Å²) in [6.07, 6.45) is 0.924. The number of para-hydroxylation sites is 1. The number of carbonyl (C=O) groups is 1. The molecule has 2 N–H and O–H groups in total. The van der Waals surface area contributed by atoms with Gasteiger partial charge in [-0.25, -0.2) is 4.39 Å². The zero-order chi connectivity index (χ0) is 16.7. The average Bonchev–Trinajstić information content (AvgIpc) is 2.59. The van der Waals surface area contributed by atoms with Gasteiger partial charge in [-0.1, -0.05) is 43.3 Å². The van der Waals surface area contributed by atoms with Gasteiger partial charge in [-0.05, 0) is 29.7 Å². The van der Waals surface area contributed by atoms with Gasteiger partial charge in [0.1, 0.15) is 0 Å². The zero-order valence-corrected chi connectivity index (χ0v) is 13.0. The van der Waals surface area contributed by atoms with Crippen molar-refractivity contribution in [1.82, 2.24) is 5.32 Å². The van der Waals surface area contributed by atoms with Gasteiger partial charge in [0.15, 0.2) is 18.2 Å². The van der Waals surface area contributed by atoms with E-state index in [0.717, 1.165) is 12.0 Å². The molecule has 0 fully saturated rings. The number of ether oxygens (including phenoxy) is 1. The third-order valence-electron chi connectivity index (χ3n) is 3.50. The van der Waals surface area contributed by atoms with E-state index < -0.39 is 17.8 Å². The number of aryl methyl sites for hydroxylation is 1. The van der Waals surface area contributed by atoms with Crippen molar-refractivity contribution in [3.05, 3.63) is 65.5 Å². The molecule has 0 aliphatic rings. The Labute approximate surface area is 134 Å². The minimum Gasteiger partial charge on any atom is -0.481 e. The number of hydrogen-bond acceptors (Lipinski definition) is 3. The number of carbonyl (C=O) groups excluding carboxylic acids is 1. The predicted molar refractivity (Wildman–Crippen MR) is 85.7 cm³/mol. The lowest BCUT2D eigenvalue weighted by atomic mass is 10.0. The molecular weight excluding hydrogens is 297 g/mol. The van der Waals surface area contributed by atoms with Gasteiger partial charge < -0.3 is 15.2 Å². The number of halogens is 1. The van der Waals surface area contributed by atoms with Crippen molar-refractivity contribution in [3.8, 4) is 5.75 Å². The molecule has 5 heteroatoms. The fraction of sp³-hybridized carbons (Fsp3) is 0.278. The van der Waals surface area contributed by atoms with Crippen molar-refractivity contribution in [2.75, 3.05) is 13.2 Å². The zero-order valence-electron chi connectivity index (χ0n) is 13.0. The highest BCUT2D eigenvalue weighted by atomic mass is 19.1. The number of amides is 1. The number of nitrogens with one attached hydrogen (secondary N) is 1. The van der Waals surface area contributed by atoms with Crippen molar-refractivity contribution in [3.63, 3.8) is 0 Å². The van der Waals surface area contributed by atoms with Crippen LogP contribution in [-0.4, -0.2) is 24.2 Å². The van der Waals surface area contributed by atoms with E-state index in [2.05, 4.69) is 12.2 Å². The highest BCUT2D eigenvalue weighted by molar-refractivity contribution is 5.78. The van der Waals surface area contributed by atoms with Gasteiger partial charge in [0.05, 0.1) is 12.6 Å². The Bertz CT molecular complexity index is 643. The van der Waals surface area contributed by atoms with Crippen LogP contribution in [0.5, 0.6) is 5.75 Å². The number of aliphatic hydroxyl groups excluding tert-OH is 1. The highest BCUT2D eigenvalue weighted by Gasteiger charge is 2.14. The SMILES string of the molecule is CCc1ccc(C(CO)NC(=O)COc2ccccc2F)cc1. The van der Waals surface area contributed by atoms with Crippen LogP contribution in [0.3, 0.4) is 0 Å². The first kappa shape index (κ1) is 17.0. The van der Waals surface area contributed by atoms with Crippen molar-refractivity contribution < 1.29 is 19.0 Å². The smallest absolute Gasteiger partial charge is 0.258 e. The van der Waals surface area contributed by atoms with Gasteiger partial charge in [-0.2, -0.15) is 0 Å². The molecule has 0 saturated heterocycles. The van der Waals surface area contributed by atoms with Crippen molar-refractivity contribution in [2.24, 2.45) is 0 Å². The Morgan fingerprint density at radius 1 is 1.22 bits per heavy atom. The van der Waals surface area contributed by atoms with E-state index in [4.69, 9.17) is 4.74 Å². The summed E-state index contributed by atoms with van der Waals surface area (Å²) in [6.45, 7) is 1.52. The lowest BCUT2D eigenvalue weighted by Crippen LogP contribution is -2.34. The fourth-order valence-electron chi connectivity index (χ4n) is 2.16. The normalized spacial score (nSPS) is 11.8. The van der Waals surface area contributed by atoms with Crippen LogP contribution in [0.25, 0.3) is 0 Å². The Balaban J connectivity index is 1.92. The van der Waals surface area contributed by atoms with Crippen LogP contribution in [-0.2, 0) is 11.2 Å². The van der Waals surface area contributed by atoms with Crippen LogP contribution in [0.4, 0.5) is 4.39 Å². The van der Waals surface area contributed by atoms with Crippen LogP contribution in [0.2, 0.25) is 0 Å². The van der Waals surface area contributed by atoms with Gasteiger partial charge >= 0.3 is 0 Å². The van der Waals surface area contributed by atoms with E-state index in [-0.39, 0.29) is 19.0 Å². The summed E-state index contributed by atoms with van der Waals surface area (Å²) in [7, 11) is 0. The van der Waals surface area contributed by atoms with Crippen molar-refractivity contribution >= 4 is 5.91 Å². The Morgan fingerprint density at radius 3 is 2.52 bits per heavy atom. The molecule has 1 amide bonds. The molecule has 0 heterocycles. The molecule has 0 saturated carbocycles. The second kappa shape index (κ2) is 8.29. The molecule has 1 atom stereocenters. The van der Waals surface area contributed by atoms with Gasteiger partial charge in [-0.15, -0.1) is 0 Å². The summed E-state index contributed by atoms with van der Waals surface area (Å²) in [5, 5.41) is 12.1.